The summed E-state index contributed by atoms with van der Waals surface area (Å²) in [6.45, 7) is 2.28. The lowest BCUT2D eigenvalue weighted by Gasteiger charge is -2.17. The van der Waals surface area contributed by atoms with Crippen molar-refractivity contribution in [1.29, 1.82) is 5.26 Å². The molecular formula is C13H19N3O2S. The fourth-order valence-corrected chi connectivity index (χ4v) is 3.19. The van der Waals surface area contributed by atoms with Crippen molar-refractivity contribution in [2.45, 2.75) is 37.1 Å². The number of nitrogens with two attached hydrogens (primary N) is 1. The van der Waals surface area contributed by atoms with Crippen LogP contribution < -0.4 is 10.5 Å². The van der Waals surface area contributed by atoms with Gasteiger partial charge in [-0.05, 0) is 18.6 Å². The molecule has 1 atom stereocenters. The minimum atomic E-state index is -3.70. The maximum Gasteiger partial charge on any atom is 0.242 e. The molecule has 1 rings (SSSR count). The molecular weight excluding hydrogens is 262 g/mol. The van der Waals surface area contributed by atoms with Crippen LogP contribution in [0.25, 0.3) is 0 Å². The summed E-state index contributed by atoms with van der Waals surface area (Å²) in [6.07, 6.45) is 2.58. The monoisotopic (exact) mass is 281 g/mol. The van der Waals surface area contributed by atoms with Crippen LogP contribution in [0, 0.1) is 11.3 Å². The molecule has 0 radical (unpaired) electrons. The number of rotatable bonds is 7. The molecule has 0 heterocycles. The van der Waals surface area contributed by atoms with Crippen molar-refractivity contribution in [3.05, 3.63) is 29.8 Å². The van der Waals surface area contributed by atoms with Gasteiger partial charge in [0.15, 0.2) is 0 Å². The molecule has 1 unspecified atom stereocenters. The van der Waals surface area contributed by atoms with Crippen molar-refractivity contribution in [1.82, 2.24) is 4.72 Å². The average Bonchev–Trinajstić information content (AvgIpc) is 2.43. The zero-order valence-corrected chi connectivity index (χ0v) is 11.8. The summed E-state index contributed by atoms with van der Waals surface area (Å²) in [7, 11) is -3.70. The molecule has 0 saturated carbocycles. The molecule has 104 valence electrons. The molecule has 19 heavy (non-hydrogen) atoms. The van der Waals surface area contributed by atoms with Crippen LogP contribution in [0.2, 0.25) is 0 Å². The number of unbranched alkanes of at least 4 members (excludes halogenated alkanes) is 1. The maximum atomic E-state index is 12.2. The quantitative estimate of drug-likeness (QED) is 0.788. The Morgan fingerprint density at radius 1 is 1.42 bits per heavy atom. The summed E-state index contributed by atoms with van der Waals surface area (Å²) in [5.74, 6) is 0. The molecule has 0 amide bonds. The second kappa shape index (κ2) is 7.24. The summed E-state index contributed by atoms with van der Waals surface area (Å²) >= 11 is 0. The Hall–Kier alpha value is -1.42. The summed E-state index contributed by atoms with van der Waals surface area (Å²) in [4.78, 5) is 0.00690. The minimum Gasteiger partial charge on any atom is -0.329 e. The Morgan fingerprint density at radius 3 is 2.68 bits per heavy atom. The highest BCUT2D eigenvalue weighted by Crippen LogP contribution is 2.15. The number of nitrogens with one attached hydrogen (secondary N) is 1. The van der Waals surface area contributed by atoms with Gasteiger partial charge in [-0.1, -0.05) is 31.9 Å². The topological polar surface area (TPSA) is 96.0 Å². The first-order chi connectivity index (χ1) is 9.05. The third-order valence-electron chi connectivity index (χ3n) is 2.81. The van der Waals surface area contributed by atoms with E-state index in [0.29, 0.717) is 6.42 Å². The molecule has 0 bridgehead atoms. The molecule has 0 spiro atoms. The molecule has 0 fully saturated rings. The van der Waals surface area contributed by atoms with Crippen LogP contribution in [0.1, 0.15) is 31.7 Å². The molecule has 3 N–H and O–H groups in total. The van der Waals surface area contributed by atoms with Crippen LogP contribution in [0.15, 0.2) is 29.2 Å². The smallest absolute Gasteiger partial charge is 0.242 e. The molecule has 6 heteroatoms. The van der Waals surface area contributed by atoms with Gasteiger partial charge in [0.2, 0.25) is 10.0 Å². The van der Waals surface area contributed by atoms with Crippen molar-refractivity contribution < 1.29 is 8.42 Å². The van der Waals surface area contributed by atoms with Crippen molar-refractivity contribution in [2.75, 3.05) is 6.54 Å². The van der Waals surface area contributed by atoms with Crippen LogP contribution >= 0.6 is 0 Å². The first kappa shape index (κ1) is 15.6. The zero-order valence-electron chi connectivity index (χ0n) is 11.0. The van der Waals surface area contributed by atoms with Crippen LogP contribution in [0.4, 0.5) is 0 Å². The number of hydrogen-bond acceptors (Lipinski definition) is 4. The lowest BCUT2D eigenvalue weighted by Crippen LogP contribution is -2.40. The second-order valence-corrected chi connectivity index (χ2v) is 5.99. The van der Waals surface area contributed by atoms with Gasteiger partial charge >= 0.3 is 0 Å². The SMILES string of the molecule is CCCCC(CN)NS(=O)(=O)c1ccccc1C#N. The highest BCUT2D eigenvalue weighted by atomic mass is 32.2. The number of sulfonamides is 1. The van der Waals surface area contributed by atoms with Crippen molar-refractivity contribution in [3.8, 4) is 6.07 Å². The standard InChI is InChI=1S/C13H19N3O2S/c1-2-3-7-12(10-15)16-19(17,18)13-8-5-4-6-11(13)9-14/h4-6,8,12,16H,2-3,7,10,15H2,1H3. The summed E-state index contributed by atoms with van der Waals surface area (Å²) < 4.78 is 27.0. The molecule has 5 nitrogen and oxygen atoms in total. The van der Waals surface area contributed by atoms with E-state index in [0.717, 1.165) is 12.8 Å². The Labute approximate surface area is 114 Å². The highest BCUT2D eigenvalue weighted by Gasteiger charge is 2.21. The molecule has 0 aliphatic heterocycles. The van der Waals surface area contributed by atoms with Crippen molar-refractivity contribution in [2.24, 2.45) is 5.73 Å². The van der Waals surface area contributed by atoms with Crippen molar-refractivity contribution >= 4 is 10.0 Å². The molecule has 0 aliphatic carbocycles. The van der Waals surface area contributed by atoms with E-state index in [9.17, 15) is 8.42 Å². The van der Waals surface area contributed by atoms with Crippen molar-refractivity contribution in [3.63, 3.8) is 0 Å². The van der Waals surface area contributed by atoms with Crippen LogP contribution in [-0.2, 0) is 10.0 Å². The van der Waals surface area contributed by atoms with E-state index in [2.05, 4.69) is 4.72 Å². The summed E-state index contributed by atoms with van der Waals surface area (Å²) in [5, 5.41) is 8.95. The average molecular weight is 281 g/mol. The normalized spacial score (nSPS) is 12.9. The van der Waals surface area contributed by atoms with E-state index in [-0.39, 0.29) is 23.0 Å². The Kier molecular flexibility index (Phi) is 5.96. The van der Waals surface area contributed by atoms with Crippen LogP contribution in [0.5, 0.6) is 0 Å². The van der Waals surface area contributed by atoms with Gasteiger partial charge in [-0.15, -0.1) is 0 Å². The maximum absolute atomic E-state index is 12.2. The summed E-state index contributed by atoms with van der Waals surface area (Å²) in [5.41, 5.74) is 5.72. The minimum absolute atomic E-state index is 0.00690. The second-order valence-electron chi connectivity index (χ2n) is 4.30. The predicted molar refractivity (Wildman–Crippen MR) is 73.8 cm³/mol. The Morgan fingerprint density at radius 2 is 2.11 bits per heavy atom. The van der Waals surface area contributed by atoms with Crippen LogP contribution in [-0.4, -0.2) is 21.0 Å². The van der Waals surface area contributed by atoms with Gasteiger partial charge in [0.1, 0.15) is 6.07 Å². The first-order valence-electron chi connectivity index (χ1n) is 6.26. The van der Waals surface area contributed by atoms with Gasteiger partial charge in [0.05, 0.1) is 10.5 Å². The fraction of sp³-hybridized carbons (Fsp3) is 0.462. The summed E-state index contributed by atoms with van der Waals surface area (Å²) in [6, 6.07) is 7.73. The van der Waals surface area contributed by atoms with E-state index in [1.807, 2.05) is 13.0 Å². The lowest BCUT2D eigenvalue weighted by atomic mass is 10.1. The number of hydrogen-bond donors (Lipinski definition) is 2. The highest BCUT2D eigenvalue weighted by molar-refractivity contribution is 7.89. The third-order valence-corrected chi connectivity index (χ3v) is 4.39. The van der Waals surface area contributed by atoms with E-state index in [1.165, 1.54) is 12.1 Å². The predicted octanol–water partition coefficient (Wildman–Crippen LogP) is 1.35. The molecule has 1 aromatic rings. The van der Waals surface area contributed by atoms with E-state index in [4.69, 9.17) is 11.0 Å². The first-order valence-corrected chi connectivity index (χ1v) is 7.75. The largest absolute Gasteiger partial charge is 0.329 e. The zero-order chi connectivity index (χ0) is 14.3. The van der Waals surface area contributed by atoms with E-state index in [1.54, 1.807) is 12.1 Å². The third kappa shape index (κ3) is 4.31. The van der Waals surface area contributed by atoms with Gasteiger partial charge in [-0.3, -0.25) is 0 Å². The molecule has 0 aliphatic rings. The van der Waals surface area contributed by atoms with E-state index >= 15 is 0 Å². The molecule has 0 aromatic heterocycles. The fourth-order valence-electron chi connectivity index (χ4n) is 1.75. The number of benzene rings is 1. The lowest BCUT2D eigenvalue weighted by molar-refractivity contribution is 0.516. The molecule has 1 aromatic carbocycles. The number of nitriles is 1. The van der Waals surface area contributed by atoms with Gasteiger partial charge < -0.3 is 5.73 Å². The Balaban J connectivity index is 2.95. The molecule has 0 saturated heterocycles. The van der Waals surface area contributed by atoms with Gasteiger partial charge in [0.25, 0.3) is 0 Å². The van der Waals surface area contributed by atoms with Crippen LogP contribution in [0.3, 0.4) is 0 Å². The van der Waals surface area contributed by atoms with Gasteiger partial charge in [-0.2, -0.15) is 5.26 Å². The van der Waals surface area contributed by atoms with Gasteiger partial charge in [-0.25, -0.2) is 13.1 Å². The Bertz CT molecular complexity index is 549. The number of nitrogens with zero attached hydrogens (tertiary/aromatic N) is 1. The van der Waals surface area contributed by atoms with E-state index < -0.39 is 10.0 Å². The van der Waals surface area contributed by atoms with Gasteiger partial charge in [0, 0.05) is 12.6 Å².